The Morgan fingerprint density at radius 1 is 1.14 bits per heavy atom. The van der Waals surface area contributed by atoms with Crippen molar-refractivity contribution in [2.45, 2.75) is 38.0 Å². The first-order chi connectivity index (χ1) is 6.90. The molecular weight excluding hydrogens is 174 g/mol. The van der Waals surface area contributed by atoms with E-state index in [1.165, 1.54) is 32.1 Å². The lowest BCUT2D eigenvalue weighted by Crippen LogP contribution is -2.08. The third-order valence-electron chi connectivity index (χ3n) is 2.93. The molecule has 1 aromatic heterocycles. The standard InChI is InChI=1S/C11H17N3/c1-12-10-7-13-11(14-8-10)9-5-3-2-4-6-9/h7-9,12H,2-6H2,1H3. The van der Waals surface area contributed by atoms with Gasteiger partial charge in [0, 0.05) is 13.0 Å². The fourth-order valence-electron chi connectivity index (χ4n) is 2.04. The summed E-state index contributed by atoms with van der Waals surface area (Å²) in [4.78, 5) is 8.80. The molecule has 0 bridgehead atoms. The minimum Gasteiger partial charge on any atom is -0.386 e. The Hall–Kier alpha value is -1.12. The van der Waals surface area contributed by atoms with E-state index in [0.717, 1.165) is 11.5 Å². The summed E-state index contributed by atoms with van der Waals surface area (Å²) in [5, 5.41) is 3.03. The van der Waals surface area contributed by atoms with E-state index in [2.05, 4.69) is 15.3 Å². The third-order valence-corrected chi connectivity index (χ3v) is 2.93. The highest BCUT2D eigenvalue weighted by molar-refractivity contribution is 5.36. The average Bonchev–Trinajstić information content (AvgIpc) is 2.30. The molecule has 1 heterocycles. The maximum atomic E-state index is 4.40. The highest BCUT2D eigenvalue weighted by Crippen LogP contribution is 2.30. The predicted octanol–water partition coefficient (Wildman–Crippen LogP) is 2.57. The van der Waals surface area contributed by atoms with Crippen molar-refractivity contribution in [3.63, 3.8) is 0 Å². The van der Waals surface area contributed by atoms with Gasteiger partial charge in [-0.05, 0) is 12.8 Å². The van der Waals surface area contributed by atoms with Gasteiger partial charge >= 0.3 is 0 Å². The summed E-state index contributed by atoms with van der Waals surface area (Å²) in [6.07, 6.45) is 10.3. The molecule has 0 radical (unpaired) electrons. The van der Waals surface area contributed by atoms with Crippen molar-refractivity contribution in [2.24, 2.45) is 0 Å². The van der Waals surface area contributed by atoms with Crippen LogP contribution in [-0.2, 0) is 0 Å². The Kier molecular flexibility index (Phi) is 2.96. The fraction of sp³-hybridized carbons (Fsp3) is 0.636. The third kappa shape index (κ3) is 2.03. The van der Waals surface area contributed by atoms with Gasteiger partial charge < -0.3 is 5.32 Å². The second kappa shape index (κ2) is 4.40. The first-order valence-corrected chi connectivity index (χ1v) is 5.40. The number of anilines is 1. The van der Waals surface area contributed by atoms with Gasteiger partial charge in [-0.3, -0.25) is 0 Å². The molecule has 1 aliphatic rings. The molecule has 0 amide bonds. The number of hydrogen-bond acceptors (Lipinski definition) is 3. The highest BCUT2D eigenvalue weighted by Gasteiger charge is 2.17. The molecule has 76 valence electrons. The SMILES string of the molecule is CNc1cnc(C2CCCCC2)nc1. The number of rotatable bonds is 2. The molecule has 2 rings (SSSR count). The van der Waals surface area contributed by atoms with Gasteiger partial charge in [-0.1, -0.05) is 19.3 Å². The van der Waals surface area contributed by atoms with Gasteiger partial charge in [-0.25, -0.2) is 9.97 Å². The Bertz CT molecular complexity index is 275. The summed E-state index contributed by atoms with van der Waals surface area (Å²) in [6.45, 7) is 0. The molecule has 1 aromatic rings. The molecule has 14 heavy (non-hydrogen) atoms. The van der Waals surface area contributed by atoms with Crippen LogP contribution in [0.3, 0.4) is 0 Å². The molecule has 0 aliphatic heterocycles. The number of nitrogens with zero attached hydrogens (tertiary/aromatic N) is 2. The van der Waals surface area contributed by atoms with Crippen LogP contribution in [0.1, 0.15) is 43.8 Å². The Morgan fingerprint density at radius 3 is 2.36 bits per heavy atom. The van der Waals surface area contributed by atoms with E-state index < -0.39 is 0 Å². The molecule has 1 saturated carbocycles. The van der Waals surface area contributed by atoms with E-state index in [1.807, 2.05) is 19.4 Å². The first-order valence-electron chi connectivity index (χ1n) is 5.40. The molecule has 0 saturated heterocycles. The van der Waals surface area contributed by atoms with E-state index in [1.54, 1.807) is 0 Å². The molecule has 1 N–H and O–H groups in total. The fourth-order valence-corrected chi connectivity index (χ4v) is 2.04. The number of nitrogens with one attached hydrogen (secondary N) is 1. The summed E-state index contributed by atoms with van der Waals surface area (Å²) in [6, 6.07) is 0. The van der Waals surface area contributed by atoms with Gasteiger partial charge in [-0.2, -0.15) is 0 Å². The molecule has 0 spiro atoms. The number of hydrogen-bond donors (Lipinski definition) is 1. The van der Waals surface area contributed by atoms with Crippen molar-refractivity contribution in [1.29, 1.82) is 0 Å². The van der Waals surface area contributed by atoms with Crippen molar-refractivity contribution < 1.29 is 0 Å². The Balaban J connectivity index is 2.07. The lowest BCUT2D eigenvalue weighted by atomic mass is 9.89. The predicted molar refractivity (Wildman–Crippen MR) is 57.4 cm³/mol. The quantitative estimate of drug-likeness (QED) is 0.780. The molecule has 3 heteroatoms. The van der Waals surface area contributed by atoms with Crippen molar-refractivity contribution in [3.05, 3.63) is 18.2 Å². The summed E-state index contributed by atoms with van der Waals surface area (Å²) < 4.78 is 0. The lowest BCUT2D eigenvalue weighted by molar-refractivity contribution is 0.428. The zero-order valence-electron chi connectivity index (χ0n) is 8.66. The van der Waals surface area contributed by atoms with Crippen LogP contribution in [0.4, 0.5) is 5.69 Å². The largest absolute Gasteiger partial charge is 0.386 e. The molecule has 0 unspecified atom stereocenters. The maximum Gasteiger partial charge on any atom is 0.131 e. The van der Waals surface area contributed by atoms with Crippen LogP contribution in [0.2, 0.25) is 0 Å². The molecule has 1 fully saturated rings. The zero-order chi connectivity index (χ0) is 9.80. The van der Waals surface area contributed by atoms with Crippen molar-refractivity contribution in [2.75, 3.05) is 12.4 Å². The van der Waals surface area contributed by atoms with E-state index >= 15 is 0 Å². The smallest absolute Gasteiger partial charge is 0.131 e. The molecule has 3 nitrogen and oxygen atoms in total. The highest BCUT2D eigenvalue weighted by atomic mass is 14.9. The van der Waals surface area contributed by atoms with Gasteiger partial charge in [0.05, 0.1) is 18.1 Å². The van der Waals surface area contributed by atoms with E-state index in [9.17, 15) is 0 Å². The molecule has 0 atom stereocenters. The normalized spacial score (nSPS) is 18.1. The lowest BCUT2D eigenvalue weighted by Gasteiger charge is -2.19. The van der Waals surface area contributed by atoms with E-state index in [-0.39, 0.29) is 0 Å². The summed E-state index contributed by atoms with van der Waals surface area (Å²) in [7, 11) is 1.89. The van der Waals surface area contributed by atoms with Crippen molar-refractivity contribution in [1.82, 2.24) is 9.97 Å². The van der Waals surface area contributed by atoms with Crippen molar-refractivity contribution >= 4 is 5.69 Å². The van der Waals surface area contributed by atoms with Crippen LogP contribution >= 0.6 is 0 Å². The topological polar surface area (TPSA) is 37.8 Å². The van der Waals surface area contributed by atoms with Crippen molar-refractivity contribution in [3.8, 4) is 0 Å². The van der Waals surface area contributed by atoms with Crippen LogP contribution in [0.5, 0.6) is 0 Å². The molecule has 0 aromatic carbocycles. The van der Waals surface area contributed by atoms with Gasteiger partial charge in [0.25, 0.3) is 0 Å². The second-order valence-electron chi connectivity index (χ2n) is 3.91. The van der Waals surface area contributed by atoms with Gasteiger partial charge in [-0.15, -0.1) is 0 Å². The van der Waals surface area contributed by atoms with Crippen LogP contribution in [-0.4, -0.2) is 17.0 Å². The Morgan fingerprint density at radius 2 is 1.79 bits per heavy atom. The van der Waals surface area contributed by atoms with Gasteiger partial charge in [0.1, 0.15) is 5.82 Å². The minimum absolute atomic E-state index is 0.606. The Labute approximate surface area is 85.0 Å². The van der Waals surface area contributed by atoms with Crippen LogP contribution in [0.15, 0.2) is 12.4 Å². The molecular formula is C11H17N3. The maximum absolute atomic E-state index is 4.40. The monoisotopic (exact) mass is 191 g/mol. The summed E-state index contributed by atoms with van der Waals surface area (Å²) in [5.74, 6) is 1.64. The van der Waals surface area contributed by atoms with E-state index in [0.29, 0.717) is 5.92 Å². The van der Waals surface area contributed by atoms with Gasteiger partial charge in [0.2, 0.25) is 0 Å². The second-order valence-corrected chi connectivity index (χ2v) is 3.91. The van der Waals surface area contributed by atoms with Crippen LogP contribution in [0, 0.1) is 0 Å². The van der Waals surface area contributed by atoms with E-state index in [4.69, 9.17) is 0 Å². The van der Waals surface area contributed by atoms with Crippen LogP contribution in [0.25, 0.3) is 0 Å². The van der Waals surface area contributed by atoms with Crippen LogP contribution < -0.4 is 5.32 Å². The minimum atomic E-state index is 0.606. The zero-order valence-corrected chi connectivity index (χ0v) is 8.66. The molecule has 1 aliphatic carbocycles. The summed E-state index contributed by atoms with van der Waals surface area (Å²) >= 11 is 0. The first kappa shape index (κ1) is 9.44. The summed E-state index contributed by atoms with van der Waals surface area (Å²) in [5.41, 5.74) is 0.990. The number of aromatic nitrogens is 2. The van der Waals surface area contributed by atoms with Gasteiger partial charge in [0.15, 0.2) is 0 Å². The average molecular weight is 191 g/mol.